The third-order valence-electron chi connectivity index (χ3n) is 15.6. The van der Waals surface area contributed by atoms with E-state index in [1.807, 2.05) is 0 Å². The highest BCUT2D eigenvalue weighted by Crippen LogP contribution is 2.18. The van der Waals surface area contributed by atoms with Crippen LogP contribution in [0, 0.1) is 0 Å². The maximum Gasteiger partial charge on any atom is 0.306 e. The molecule has 0 radical (unpaired) electrons. The van der Waals surface area contributed by atoms with Crippen LogP contribution in [0.5, 0.6) is 0 Å². The molecule has 0 aromatic rings. The van der Waals surface area contributed by atoms with Crippen molar-refractivity contribution in [1.29, 1.82) is 0 Å². The van der Waals surface area contributed by atoms with Gasteiger partial charge in [0.2, 0.25) is 0 Å². The zero-order valence-corrected chi connectivity index (χ0v) is 54.5. The van der Waals surface area contributed by atoms with Crippen molar-refractivity contribution in [2.24, 2.45) is 0 Å². The number of ether oxygens (including phenoxy) is 3. The lowest BCUT2D eigenvalue weighted by molar-refractivity contribution is -0.167. The number of hydrogen-bond donors (Lipinski definition) is 0. The molecule has 0 N–H and O–H groups in total. The molecular formula is C76H134O6. The zero-order valence-electron chi connectivity index (χ0n) is 54.5. The van der Waals surface area contributed by atoms with E-state index in [0.717, 1.165) is 96.3 Å². The molecule has 82 heavy (non-hydrogen) atoms. The van der Waals surface area contributed by atoms with E-state index in [1.54, 1.807) is 0 Å². The van der Waals surface area contributed by atoms with Gasteiger partial charge in [-0.1, -0.05) is 311 Å². The van der Waals surface area contributed by atoms with Gasteiger partial charge in [0, 0.05) is 19.3 Å². The molecule has 0 fully saturated rings. The van der Waals surface area contributed by atoms with E-state index in [1.165, 1.54) is 225 Å². The summed E-state index contributed by atoms with van der Waals surface area (Å²) in [6.45, 7) is 6.53. The van der Waals surface area contributed by atoms with Crippen LogP contribution in [0.3, 0.4) is 0 Å². The summed E-state index contributed by atoms with van der Waals surface area (Å²) in [5, 5.41) is 0. The highest BCUT2D eigenvalue weighted by Gasteiger charge is 2.19. The van der Waals surface area contributed by atoms with Crippen molar-refractivity contribution in [2.45, 2.75) is 367 Å². The standard InChI is InChI=1S/C76H134O6/c1-4-7-10-13-16-19-22-25-27-29-31-33-34-35-36-37-38-39-40-41-42-44-45-47-49-51-54-57-60-63-66-69-75(78)81-72-73(71-80-74(77)68-65-62-59-56-53-24-21-18-15-12-9-6-3)82-76(79)70-67-64-61-58-55-52-50-48-46-43-32-30-28-26-23-20-17-14-11-8-5-2/h7,10,16,18-19,21,23,25-27,30-33,73H,4-6,8-9,11-15,17,20,22,24,28-29,34-72H2,1-3H3/b10-7-,19-16-,21-18-,26-23-,27-25-,32-30-,33-31-. The Kier molecular flexibility index (Phi) is 67.2. The number of allylic oxidation sites excluding steroid dienone is 14. The third-order valence-corrected chi connectivity index (χ3v) is 15.6. The summed E-state index contributed by atoms with van der Waals surface area (Å²) in [6, 6.07) is 0. The monoisotopic (exact) mass is 1140 g/mol. The molecule has 0 spiro atoms. The van der Waals surface area contributed by atoms with Gasteiger partial charge in [-0.15, -0.1) is 0 Å². The van der Waals surface area contributed by atoms with Crippen LogP contribution in [0.2, 0.25) is 0 Å². The number of esters is 3. The Labute approximate surface area is 509 Å². The average molecular weight is 1140 g/mol. The summed E-state index contributed by atoms with van der Waals surface area (Å²) < 4.78 is 17.0. The maximum absolute atomic E-state index is 12.9. The molecule has 0 saturated carbocycles. The largest absolute Gasteiger partial charge is 0.462 e. The van der Waals surface area contributed by atoms with Crippen LogP contribution >= 0.6 is 0 Å². The molecular weight excluding hydrogens is 1010 g/mol. The van der Waals surface area contributed by atoms with Gasteiger partial charge in [0.05, 0.1) is 0 Å². The van der Waals surface area contributed by atoms with E-state index in [4.69, 9.17) is 14.2 Å². The van der Waals surface area contributed by atoms with Crippen molar-refractivity contribution >= 4 is 17.9 Å². The molecule has 0 bridgehead atoms. The number of carbonyl (C=O) groups is 3. The van der Waals surface area contributed by atoms with Crippen LogP contribution in [-0.2, 0) is 28.6 Å². The number of unbranched alkanes of at least 4 members (excludes halogenated alkanes) is 40. The summed E-state index contributed by atoms with van der Waals surface area (Å²) in [4.78, 5) is 38.4. The van der Waals surface area contributed by atoms with Gasteiger partial charge in [0.25, 0.3) is 0 Å². The summed E-state index contributed by atoms with van der Waals surface area (Å²) in [5.74, 6) is -0.872. The fraction of sp³-hybridized carbons (Fsp3) is 0.776. The van der Waals surface area contributed by atoms with E-state index >= 15 is 0 Å². The molecule has 6 heteroatoms. The molecule has 474 valence electrons. The Morgan fingerprint density at radius 3 is 0.780 bits per heavy atom. The smallest absolute Gasteiger partial charge is 0.306 e. The molecule has 0 aliphatic rings. The lowest BCUT2D eigenvalue weighted by Gasteiger charge is -2.18. The molecule has 0 aliphatic heterocycles. The summed E-state index contributed by atoms with van der Waals surface area (Å²) in [5.41, 5.74) is 0. The SMILES string of the molecule is CC/C=C\C/C=C\C/C=C\C/C=C\CCCCCCCCCCCCCCCCCCCCC(=O)OCC(COC(=O)CCCCCCC/C=C\CCCCC)OC(=O)CCCCCCCCCCC/C=C\C/C=C\CCCCCCC. The second-order valence-electron chi connectivity index (χ2n) is 23.8. The van der Waals surface area contributed by atoms with Crippen LogP contribution in [0.1, 0.15) is 361 Å². The molecule has 1 atom stereocenters. The van der Waals surface area contributed by atoms with Gasteiger partial charge in [0.1, 0.15) is 13.2 Å². The normalized spacial score (nSPS) is 12.6. The molecule has 0 rings (SSSR count). The van der Waals surface area contributed by atoms with Crippen molar-refractivity contribution in [1.82, 2.24) is 0 Å². The quantitative estimate of drug-likeness (QED) is 0.0261. The maximum atomic E-state index is 12.9. The molecule has 1 unspecified atom stereocenters. The van der Waals surface area contributed by atoms with Gasteiger partial charge in [-0.25, -0.2) is 0 Å². The van der Waals surface area contributed by atoms with E-state index in [-0.39, 0.29) is 31.1 Å². The summed E-state index contributed by atoms with van der Waals surface area (Å²) >= 11 is 0. The highest BCUT2D eigenvalue weighted by molar-refractivity contribution is 5.71. The second kappa shape index (κ2) is 70.1. The molecule has 0 heterocycles. The van der Waals surface area contributed by atoms with E-state index in [0.29, 0.717) is 19.3 Å². The van der Waals surface area contributed by atoms with Crippen LogP contribution in [0.4, 0.5) is 0 Å². The predicted octanol–water partition coefficient (Wildman–Crippen LogP) is 24.6. The zero-order chi connectivity index (χ0) is 59.2. The van der Waals surface area contributed by atoms with E-state index in [9.17, 15) is 14.4 Å². The van der Waals surface area contributed by atoms with Crippen molar-refractivity contribution in [3.63, 3.8) is 0 Å². The third kappa shape index (κ3) is 67.4. The van der Waals surface area contributed by atoms with Crippen LogP contribution < -0.4 is 0 Å². The fourth-order valence-corrected chi connectivity index (χ4v) is 10.3. The molecule has 6 nitrogen and oxygen atoms in total. The van der Waals surface area contributed by atoms with Crippen molar-refractivity contribution in [3.05, 3.63) is 85.1 Å². The first-order valence-corrected chi connectivity index (χ1v) is 35.6. The van der Waals surface area contributed by atoms with E-state index in [2.05, 4.69) is 106 Å². The first-order chi connectivity index (χ1) is 40.5. The summed E-state index contributed by atoms with van der Waals surface area (Å²) in [7, 11) is 0. The van der Waals surface area contributed by atoms with Gasteiger partial charge < -0.3 is 14.2 Å². The molecule has 0 amide bonds. The minimum absolute atomic E-state index is 0.0769. The minimum atomic E-state index is -0.781. The molecule has 0 aromatic carbocycles. The Morgan fingerprint density at radius 2 is 0.476 bits per heavy atom. The van der Waals surface area contributed by atoms with Gasteiger partial charge >= 0.3 is 17.9 Å². The minimum Gasteiger partial charge on any atom is -0.462 e. The topological polar surface area (TPSA) is 78.9 Å². The Morgan fingerprint density at radius 1 is 0.256 bits per heavy atom. The molecule has 0 saturated heterocycles. The van der Waals surface area contributed by atoms with Crippen molar-refractivity contribution in [3.8, 4) is 0 Å². The Balaban J connectivity index is 4.19. The Hall–Kier alpha value is -3.41. The van der Waals surface area contributed by atoms with Crippen LogP contribution in [0.15, 0.2) is 85.1 Å². The predicted molar refractivity (Wildman–Crippen MR) is 358 cm³/mol. The molecule has 0 aliphatic carbocycles. The fourth-order valence-electron chi connectivity index (χ4n) is 10.3. The van der Waals surface area contributed by atoms with Gasteiger partial charge in [-0.05, 0) is 116 Å². The van der Waals surface area contributed by atoms with Gasteiger partial charge in [0.15, 0.2) is 6.10 Å². The Bertz CT molecular complexity index is 1550. The molecule has 0 aromatic heterocycles. The van der Waals surface area contributed by atoms with Gasteiger partial charge in [-0.3, -0.25) is 14.4 Å². The van der Waals surface area contributed by atoms with Crippen molar-refractivity contribution in [2.75, 3.05) is 13.2 Å². The van der Waals surface area contributed by atoms with E-state index < -0.39 is 6.10 Å². The number of rotatable bonds is 65. The van der Waals surface area contributed by atoms with Crippen molar-refractivity contribution < 1.29 is 28.6 Å². The number of hydrogen-bond acceptors (Lipinski definition) is 6. The van der Waals surface area contributed by atoms with Crippen LogP contribution in [-0.4, -0.2) is 37.2 Å². The van der Waals surface area contributed by atoms with Gasteiger partial charge in [-0.2, -0.15) is 0 Å². The first-order valence-electron chi connectivity index (χ1n) is 35.6. The highest BCUT2D eigenvalue weighted by atomic mass is 16.6. The lowest BCUT2D eigenvalue weighted by Crippen LogP contribution is -2.30. The average Bonchev–Trinajstić information content (AvgIpc) is 3.47. The second-order valence-corrected chi connectivity index (χ2v) is 23.8. The number of carbonyl (C=O) groups excluding carboxylic acids is 3. The van der Waals surface area contributed by atoms with Crippen LogP contribution in [0.25, 0.3) is 0 Å². The summed E-state index contributed by atoms with van der Waals surface area (Å²) in [6.07, 6.45) is 93.3. The lowest BCUT2D eigenvalue weighted by atomic mass is 10.0. The first kappa shape index (κ1) is 78.6.